The molecule has 0 aliphatic heterocycles. The van der Waals surface area contributed by atoms with Crippen LogP contribution < -0.4 is 19.5 Å². The number of anilines is 1. The van der Waals surface area contributed by atoms with Gasteiger partial charge in [-0.25, -0.2) is 28.9 Å². The number of aryl methyl sites for hydroxylation is 1. The fourth-order valence-corrected chi connectivity index (χ4v) is 5.11. The summed E-state index contributed by atoms with van der Waals surface area (Å²) in [7, 11) is 2.77. The largest absolute Gasteiger partial charge is 0.484 e. The molecule has 0 saturated carbocycles. The highest BCUT2D eigenvalue weighted by Gasteiger charge is 2.22. The monoisotopic (exact) mass is 621 g/mol. The quantitative estimate of drug-likeness (QED) is 0.191. The summed E-state index contributed by atoms with van der Waals surface area (Å²) in [4.78, 5) is 41.4. The van der Waals surface area contributed by atoms with E-state index in [4.69, 9.17) is 18.9 Å². The van der Waals surface area contributed by atoms with Gasteiger partial charge < -0.3 is 23.7 Å². The Bertz CT molecular complexity index is 1850. The minimum absolute atomic E-state index is 0.00524. The van der Waals surface area contributed by atoms with E-state index in [2.05, 4.69) is 30.0 Å². The molecule has 1 amide bonds. The fourth-order valence-electron chi connectivity index (χ4n) is 4.12. The Morgan fingerprint density at radius 3 is 2.59 bits per heavy atom. The molecule has 14 heteroatoms. The highest BCUT2D eigenvalue weighted by Crippen LogP contribution is 2.37. The predicted molar refractivity (Wildman–Crippen MR) is 161 cm³/mol. The first-order valence-corrected chi connectivity index (χ1v) is 14.2. The predicted octanol–water partition coefficient (Wildman–Crippen LogP) is 5.71. The number of benzene rings is 2. The first kappa shape index (κ1) is 30.4. The maximum Gasteiger partial charge on any atom is 0.412 e. The summed E-state index contributed by atoms with van der Waals surface area (Å²) < 4.78 is 42.1. The molecular weight excluding hydrogens is 593 g/mol. The molecule has 3 aromatic heterocycles. The highest BCUT2D eigenvalue weighted by atomic mass is 32.1. The fraction of sp³-hybridized carbons (Fsp3) is 0.267. The van der Waals surface area contributed by atoms with Crippen LogP contribution in [0.1, 0.15) is 19.4 Å². The van der Waals surface area contributed by atoms with Crippen LogP contribution >= 0.6 is 11.3 Å². The molecule has 0 saturated heterocycles. The number of nitrogens with zero attached hydrogens (tertiary/aromatic N) is 4. The van der Waals surface area contributed by atoms with Crippen LogP contribution in [0.25, 0.3) is 31.8 Å². The van der Waals surface area contributed by atoms with E-state index in [1.165, 1.54) is 50.1 Å². The molecule has 5 rings (SSSR count). The number of fused-ring (bicyclic) bond motifs is 2. The Morgan fingerprint density at radius 1 is 1.00 bits per heavy atom. The lowest BCUT2D eigenvalue weighted by atomic mass is 10.1. The van der Waals surface area contributed by atoms with E-state index < -0.39 is 30.1 Å². The van der Waals surface area contributed by atoms with Crippen LogP contribution in [0, 0.1) is 12.7 Å². The van der Waals surface area contributed by atoms with E-state index in [0.29, 0.717) is 32.1 Å². The third-order valence-corrected chi connectivity index (χ3v) is 7.51. The maximum atomic E-state index is 15.1. The molecule has 0 bridgehead atoms. The van der Waals surface area contributed by atoms with Crippen molar-refractivity contribution in [3.05, 3.63) is 60.3 Å². The van der Waals surface area contributed by atoms with Crippen molar-refractivity contribution in [3.63, 3.8) is 0 Å². The highest BCUT2D eigenvalue weighted by molar-refractivity contribution is 7.21. The van der Waals surface area contributed by atoms with Crippen molar-refractivity contribution < 1.29 is 37.7 Å². The lowest BCUT2D eigenvalue weighted by Gasteiger charge is -2.22. The number of aromatic nitrogens is 4. The Balaban J connectivity index is 1.27. The molecule has 2 atom stereocenters. The van der Waals surface area contributed by atoms with E-state index in [9.17, 15) is 9.59 Å². The molecule has 5 aromatic rings. The average Bonchev–Trinajstić information content (AvgIpc) is 3.41. The van der Waals surface area contributed by atoms with Crippen molar-refractivity contribution in [2.45, 2.75) is 33.0 Å². The normalized spacial score (nSPS) is 12.4. The van der Waals surface area contributed by atoms with Crippen molar-refractivity contribution in [2.24, 2.45) is 0 Å². The summed E-state index contributed by atoms with van der Waals surface area (Å²) in [5.74, 6) is -0.521. The number of carbonyl (C=O) groups excluding carboxylic acids is 2. The average molecular weight is 622 g/mol. The van der Waals surface area contributed by atoms with Gasteiger partial charge in [-0.15, -0.1) is 11.3 Å². The Labute approximate surface area is 255 Å². The number of rotatable bonds is 10. The van der Waals surface area contributed by atoms with Gasteiger partial charge in [-0.2, -0.15) is 0 Å². The minimum atomic E-state index is -0.783. The second kappa shape index (κ2) is 13.0. The third kappa shape index (κ3) is 6.92. The molecule has 228 valence electrons. The number of amides is 1. The Morgan fingerprint density at radius 2 is 1.82 bits per heavy atom. The lowest BCUT2D eigenvalue weighted by Crippen LogP contribution is -2.32. The molecule has 0 radical (unpaired) electrons. The number of nitrogens with one attached hydrogen (secondary N) is 1. The Hall–Kier alpha value is -5.11. The molecule has 0 unspecified atom stereocenters. The third-order valence-electron chi connectivity index (χ3n) is 6.46. The minimum Gasteiger partial charge on any atom is -0.484 e. The molecule has 0 spiro atoms. The van der Waals surface area contributed by atoms with E-state index in [1.54, 1.807) is 26.1 Å². The maximum absolute atomic E-state index is 15.1. The van der Waals surface area contributed by atoms with Gasteiger partial charge in [0.05, 0.1) is 59.7 Å². The van der Waals surface area contributed by atoms with Crippen molar-refractivity contribution >= 4 is 50.3 Å². The van der Waals surface area contributed by atoms with Crippen LogP contribution in [0.4, 0.5) is 14.9 Å². The topological polar surface area (TPSA) is 144 Å². The number of halogens is 1. The Kier molecular flexibility index (Phi) is 8.99. The number of hydrogen-bond donors (Lipinski definition) is 1. The molecular formula is C30H28FN5O7S. The number of ether oxygens (including phenoxy) is 5. The van der Waals surface area contributed by atoms with Gasteiger partial charge in [-0.05, 0) is 38.5 Å². The molecule has 3 heterocycles. The smallest absolute Gasteiger partial charge is 0.412 e. The van der Waals surface area contributed by atoms with E-state index >= 15 is 4.39 Å². The summed E-state index contributed by atoms with van der Waals surface area (Å²) >= 11 is 1.37. The van der Waals surface area contributed by atoms with Crippen molar-refractivity contribution in [3.8, 4) is 28.0 Å². The molecule has 0 aliphatic carbocycles. The van der Waals surface area contributed by atoms with Crippen molar-refractivity contribution in [2.75, 3.05) is 26.1 Å². The molecule has 2 aromatic carbocycles. The van der Waals surface area contributed by atoms with Crippen LogP contribution in [0.15, 0.2) is 48.9 Å². The van der Waals surface area contributed by atoms with Crippen LogP contribution in [0.2, 0.25) is 0 Å². The molecule has 12 nitrogen and oxygen atoms in total. The number of methoxy groups -OCH3 is 2. The second-order valence-electron chi connectivity index (χ2n) is 9.69. The summed E-state index contributed by atoms with van der Waals surface area (Å²) in [6.07, 6.45) is 2.05. The molecule has 44 heavy (non-hydrogen) atoms. The summed E-state index contributed by atoms with van der Waals surface area (Å²) in [5.41, 5.74) is 3.80. The number of esters is 1. The number of hydrogen-bond acceptors (Lipinski definition) is 12. The molecule has 1 N–H and O–H groups in total. The van der Waals surface area contributed by atoms with Gasteiger partial charge in [0.25, 0.3) is 0 Å². The van der Waals surface area contributed by atoms with E-state index in [0.717, 1.165) is 11.1 Å². The van der Waals surface area contributed by atoms with Crippen molar-refractivity contribution in [1.82, 2.24) is 19.9 Å². The van der Waals surface area contributed by atoms with Gasteiger partial charge >= 0.3 is 12.1 Å². The van der Waals surface area contributed by atoms with Crippen LogP contribution in [0.5, 0.6) is 17.4 Å². The van der Waals surface area contributed by atoms with Crippen LogP contribution in [-0.4, -0.2) is 65.0 Å². The van der Waals surface area contributed by atoms with Crippen LogP contribution in [-0.2, 0) is 14.3 Å². The van der Waals surface area contributed by atoms with Gasteiger partial charge in [-0.1, -0.05) is 0 Å². The lowest BCUT2D eigenvalue weighted by molar-refractivity contribution is -0.142. The van der Waals surface area contributed by atoms with Gasteiger partial charge in [0.2, 0.25) is 5.88 Å². The standard InChI is InChI=1S/C30H28FN5O7S/c1-15-6-20(28-23(7-15)35-26(39-4)13-33-28)29-36-22-9-21(31)24(10-25(22)44-29)42-16(2)17(3)43-30(38)34-18-8-19(12-32-11-18)41-14-27(37)40-5/h6-13,16-17H,14H2,1-5H3,(H,34,38)/t16-,17+/m0/s1. The molecule has 0 fully saturated rings. The zero-order valence-corrected chi connectivity index (χ0v) is 25.2. The number of thiazole rings is 1. The summed E-state index contributed by atoms with van der Waals surface area (Å²) in [6.45, 7) is 4.92. The molecule has 0 aliphatic rings. The number of carbonyl (C=O) groups is 2. The first-order chi connectivity index (χ1) is 21.1. The van der Waals surface area contributed by atoms with Crippen molar-refractivity contribution in [1.29, 1.82) is 0 Å². The van der Waals surface area contributed by atoms with Crippen LogP contribution in [0.3, 0.4) is 0 Å². The number of pyridine rings is 1. The SMILES string of the molecule is COC(=O)COc1cncc(NC(=O)O[C@H](C)[C@H](C)Oc2cc3sc(-c4cc(C)cc5nc(OC)cnc45)nc3cc2F)c1. The summed E-state index contributed by atoms with van der Waals surface area (Å²) in [6, 6.07) is 8.23. The van der Waals surface area contributed by atoms with Gasteiger partial charge in [-0.3, -0.25) is 10.3 Å². The van der Waals surface area contributed by atoms with Gasteiger partial charge in [0.15, 0.2) is 18.2 Å². The van der Waals surface area contributed by atoms with Gasteiger partial charge in [0, 0.05) is 23.8 Å². The zero-order chi connectivity index (χ0) is 31.4. The summed E-state index contributed by atoms with van der Waals surface area (Å²) in [5, 5.41) is 3.19. The van der Waals surface area contributed by atoms with E-state index in [-0.39, 0.29) is 23.8 Å². The first-order valence-electron chi connectivity index (χ1n) is 13.3. The van der Waals surface area contributed by atoms with Gasteiger partial charge in [0.1, 0.15) is 23.0 Å². The second-order valence-corrected chi connectivity index (χ2v) is 10.7. The zero-order valence-electron chi connectivity index (χ0n) is 24.4. The van der Waals surface area contributed by atoms with E-state index in [1.807, 2.05) is 19.1 Å².